The first kappa shape index (κ1) is 18.8. The largest absolute Gasteiger partial charge is 0.441 e. The maximum Gasteiger partial charge on any atom is 0.242 e. The summed E-state index contributed by atoms with van der Waals surface area (Å²) in [5.41, 5.74) is 1.94. The topological polar surface area (TPSA) is 92.5 Å². The fourth-order valence-corrected chi connectivity index (χ4v) is 5.09. The highest BCUT2D eigenvalue weighted by molar-refractivity contribution is 7.89. The van der Waals surface area contributed by atoms with Gasteiger partial charge in [-0.3, -0.25) is 4.79 Å². The lowest BCUT2D eigenvalue weighted by atomic mass is 10.2. The first-order valence-corrected chi connectivity index (χ1v) is 10.8. The van der Waals surface area contributed by atoms with E-state index in [2.05, 4.69) is 10.3 Å². The van der Waals surface area contributed by atoms with E-state index in [1.807, 2.05) is 13.8 Å². The summed E-state index contributed by atoms with van der Waals surface area (Å²) >= 11 is 0. The van der Waals surface area contributed by atoms with Crippen LogP contribution in [0.25, 0.3) is 11.1 Å². The van der Waals surface area contributed by atoms with Gasteiger partial charge < -0.3 is 9.73 Å². The molecule has 1 aromatic carbocycles. The summed E-state index contributed by atoms with van der Waals surface area (Å²) in [7, 11) is -3.40. The quantitative estimate of drug-likeness (QED) is 0.798. The predicted octanol–water partition coefficient (Wildman–Crippen LogP) is 2.92. The van der Waals surface area contributed by atoms with Gasteiger partial charge in [0.05, 0.1) is 5.75 Å². The van der Waals surface area contributed by atoms with Gasteiger partial charge in [-0.25, -0.2) is 13.4 Å². The van der Waals surface area contributed by atoms with E-state index < -0.39 is 16.1 Å². The third kappa shape index (κ3) is 3.91. The molecule has 1 atom stereocenters. The molecule has 7 nitrogen and oxygen atoms in total. The van der Waals surface area contributed by atoms with Crippen LogP contribution in [-0.2, 0) is 21.2 Å². The van der Waals surface area contributed by atoms with Gasteiger partial charge in [0.15, 0.2) is 11.5 Å². The van der Waals surface area contributed by atoms with Gasteiger partial charge in [-0.15, -0.1) is 0 Å². The van der Waals surface area contributed by atoms with Crippen molar-refractivity contribution in [2.75, 3.05) is 17.6 Å². The number of carbonyl (C=O) groups is 1. The zero-order valence-electron chi connectivity index (χ0n) is 15.2. The number of carbonyl (C=O) groups excluding carboxylic acids is 1. The van der Waals surface area contributed by atoms with Crippen molar-refractivity contribution in [3.05, 3.63) is 24.1 Å². The first-order chi connectivity index (χ1) is 12.4. The minimum absolute atomic E-state index is 0.0952. The minimum Gasteiger partial charge on any atom is -0.441 e. The molecule has 1 fully saturated rings. The molecule has 2 heterocycles. The standard InChI is InChI=1S/C18H25N3O4S/c1-3-5-11-26(23,24)21-10-6-7-15(21)18(22)19-13-8-9-16-14(12-13)20-17(4-2)25-16/h8-9,12,15H,3-7,10-11H2,1-2H3,(H,19,22). The highest BCUT2D eigenvalue weighted by Gasteiger charge is 2.38. The predicted molar refractivity (Wildman–Crippen MR) is 100 cm³/mol. The Bertz CT molecular complexity index is 891. The van der Waals surface area contributed by atoms with Crippen LogP contribution in [0.4, 0.5) is 5.69 Å². The summed E-state index contributed by atoms with van der Waals surface area (Å²) in [5.74, 6) is 0.450. The SMILES string of the molecule is CCCCS(=O)(=O)N1CCCC1C(=O)Nc1ccc2oc(CC)nc2c1. The number of aromatic nitrogens is 1. The zero-order chi connectivity index (χ0) is 18.7. The highest BCUT2D eigenvalue weighted by atomic mass is 32.2. The van der Waals surface area contributed by atoms with Crippen LogP contribution in [-0.4, -0.2) is 42.0 Å². The number of amides is 1. The molecule has 1 aliphatic rings. The smallest absolute Gasteiger partial charge is 0.242 e. The van der Waals surface area contributed by atoms with E-state index in [0.717, 1.165) is 6.42 Å². The number of aryl methyl sites for hydroxylation is 1. The highest BCUT2D eigenvalue weighted by Crippen LogP contribution is 2.25. The van der Waals surface area contributed by atoms with Crippen molar-refractivity contribution in [3.63, 3.8) is 0 Å². The van der Waals surface area contributed by atoms with Crippen LogP contribution >= 0.6 is 0 Å². The number of sulfonamides is 1. The van der Waals surface area contributed by atoms with Crippen LogP contribution in [0, 0.1) is 0 Å². The van der Waals surface area contributed by atoms with Gasteiger partial charge in [0, 0.05) is 18.7 Å². The van der Waals surface area contributed by atoms with Crippen LogP contribution in [0.1, 0.15) is 45.4 Å². The molecule has 0 bridgehead atoms. The number of nitrogens with zero attached hydrogens (tertiary/aromatic N) is 2. The molecule has 0 spiro atoms. The normalized spacial score (nSPS) is 18.5. The molecule has 2 aromatic rings. The molecule has 26 heavy (non-hydrogen) atoms. The summed E-state index contributed by atoms with van der Waals surface area (Å²) in [4.78, 5) is 17.0. The second-order valence-electron chi connectivity index (χ2n) is 6.57. The lowest BCUT2D eigenvalue weighted by Gasteiger charge is -2.23. The van der Waals surface area contributed by atoms with Gasteiger partial charge in [0.25, 0.3) is 0 Å². The Morgan fingerprint density at radius 3 is 2.92 bits per heavy atom. The second-order valence-corrected chi connectivity index (χ2v) is 8.61. The molecular weight excluding hydrogens is 354 g/mol. The molecule has 0 saturated carbocycles. The van der Waals surface area contributed by atoms with Crippen LogP contribution in [0.5, 0.6) is 0 Å². The molecule has 142 valence electrons. The summed E-state index contributed by atoms with van der Waals surface area (Å²) < 4.78 is 31.9. The summed E-state index contributed by atoms with van der Waals surface area (Å²) in [6.07, 6.45) is 3.36. The van der Waals surface area contributed by atoms with Crippen molar-refractivity contribution >= 4 is 32.7 Å². The van der Waals surface area contributed by atoms with Crippen LogP contribution < -0.4 is 5.32 Å². The zero-order valence-corrected chi connectivity index (χ0v) is 16.0. The average Bonchev–Trinajstić information content (AvgIpc) is 3.26. The summed E-state index contributed by atoms with van der Waals surface area (Å²) in [5, 5.41) is 2.83. The van der Waals surface area contributed by atoms with Gasteiger partial charge in [0.2, 0.25) is 15.9 Å². The molecule has 1 aliphatic heterocycles. The number of hydrogen-bond acceptors (Lipinski definition) is 5. The van der Waals surface area contributed by atoms with Crippen molar-refractivity contribution in [2.24, 2.45) is 0 Å². The Kier molecular flexibility index (Phi) is 5.62. The first-order valence-electron chi connectivity index (χ1n) is 9.14. The minimum atomic E-state index is -3.40. The molecule has 3 rings (SSSR count). The maximum absolute atomic E-state index is 12.7. The van der Waals surface area contributed by atoms with Gasteiger partial charge in [-0.1, -0.05) is 20.3 Å². The lowest BCUT2D eigenvalue weighted by molar-refractivity contribution is -0.119. The number of oxazole rings is 1. The fourth-order valence-electron chi connectivity index (χ4n) is 3.21. The summed E-state index contributed by atoms with van der Waals surface area (Å²) in [6, 6.07) is 4.62. The fraction of sp³-hybridized carbons (Fsp3) is 0.556. The number of nitrogens with one attached hydrogen (secondary N) is 1. The van der Waals surface area contributed by atoms with Crippen molar-refractivity contribution < 1.29 is 17.6 Å². The Balaban J connectivity index is 1.74. The Labute approximate surface area is 153 Å². The van der Waals surface area contributed by atoms with E-state index in [1.165, 1.54) is 4.31 Å². The number of fused-ring (bicyclic) bond motifs is 1. The molecule has 8 heteroatoms. The molecule has 1 amide bonds. The van der Waals surface area contributed by atoms with Gasteiger partial charge >= 0.3 is 0 Å². The van der Waals surface area contributed by atoms with Gasteiger partial charge in [-0.05, 0) is 37.5 Å². The number of anilines is 1. The van der Waals surface area contributed by atoms with Crippen LogP contribution in [0.3, 0.4) is 0 Å². The van der Waals surface area contributed by atoms with Gasteiger partial charge in [-0.2, -0.15) is 4.31 Å². The third-order valence-electron chi connectivity index (χ3n) is 4.62. The van der Waals surface area contributed by atoms with Crippen molar-refractivity contribution in [1.29, 1.82) is 0 Å². The van der Waals surface area contributed by atoms with E-state index in [0.29, 0.717) is 54.9 Å². The number of hydrogen-bond donors (Lipinski definition) is 1. The second kappa shape index (κ2) is 7.75. The number of rotatable bonds is 7. The number of benzene rings is 1. The van der Waals surface area contributed by atoms with Crippen molar-refractivity contribution in [1.82, 2.24) is 9.29 Å². The lowest BCUT2D eigenvalue weighted by Crippen LogP contribution is -2.44. The van der Waals surface area contributed by atoms with E-state index in [9.17, 15) is 13.2 Å². The van der Waals surface area contributed by atoms with Gasteiger partial charge in [0.1, 0.15) is 11.6 Å². The molecule has 0 aliphatic carbocycles. The molecular formula is C18H25N3O4S. The molecule has 1 aromatic heterocycles. The van der Waals surface area contributed by atoms with E-state index in [-0.39, 0.29) is 11.7 Å². The molecule has 1 saturated heterocycles. The van der Waals surface area contributed by atoms with Crippen LogP contribution in [0.15, 0.2) is 22.6 Å². The van der Waals surface area contributed by atoms with E-state index >= 15 is 0 Å². The van der Waals surface area contributed by atoms with E-state index in [4.69, 9.17) is 4.42 Å². The summed E-state index contributed by atoms with van der Waals surface area (Å²) in [6.45, 7) is 4.32. The Morgan fingerprint density at radius 1 is 1.38 bits per heavy atom. The van der Waals surface area contributed by atoms with E-state index in [1.54, 1.807) is 18.2 Å². The molecule has 1 N–H and O–H groups in total. The monoisotopic (exact) mass is 379 g/mol. The maximum atomic E-state index is 12.7. The van der Waals surface area contributed by atoms with Crippen LogP contribution in [0.2, 0.25) is 0 Å². The Hall–Kier alpha value is -1.93. The number of unbranched alkanes of at least 4 members (excludes halogenated alkanes) is 1. The molecule has 1 unspecified atom stereocenters. The van der Waals surface area contributed by atoms with Crippen molar-refractivity contribution in [3.8, 4) is 0 Å². The molecule has 0 radical (unpaired) electrons. The Morgan fingerprint density at radius 2 is 2.19 bits per heavy atom. The van der Waals surface area contributed by atoms with Crippen molar-refractivity contribution in [2.45, 2.75) is 52.0 Å². The third-order valence-corrected chi connectivity index (χ3v) is 6.58. The average molecular weight is 379 g/mol.